The molecular formula is C15H18N2OS. The molecule has 0 unspecified atom stereocenters. The van der Waals surface area contributed by atoms with Crippen molar-refractivity contribution in [3.05, 3.63) is 39.3 Å². The average molecular weight is 274 g/mol. The molecule has 0 spiro atoms. The third-order valence-corrected chi connectivity index (χ3v) is 4.71. The summed E-state index contributed by atoms with van der Waals surface area (Å²) in [4.78, 5) is 7.23. The van der Waals surface area contributed by atoms with Gasteiger partial charge in [-0.05, 0) is 43.9 Å². The lowest BCUT2D eigenvalue weighted by Crippen LogP contribution is -2.01. The van der Waals surface area contributed by atoms with Crippen LogP contribution in [0.5, 0.6) is 5.75 Å². The van der Waals surface area contributed by atoms with Crippen molar-refractivity contribution in [1.82, 2.24) is 4.98 Å². The number of aryl methyl sites for hydroxylation is 3. The highest BCUT2D eigenvalue weighted by atomic mass is 32.1. The van der Waals surface area contributed by atoms with E-state index >= 15 is 0 Å². The van der Waals surface area contributed by atoms with Crippen LogP contribution in [0.2, 0.25) is 0 Å². The molecule has 2 aromatic heterocycles. The molecule has 0 saturated heterocycles. The van der Waals surface area contributed by atoms with E-state index in [4.69, 9.17) is 4.74 Å². The topological polar surface area (TPSA) is 34.1 Å². The van der Waals surface area contributed by atoms with Crippen LogP contribution in [0, 0.1) is 6.92 Å². The lowest BCUT2D eigenvalue weighted by Gasteiger charge is -2.10. The van der Waals surface area contributed by atoms with E-state index in [1.54, 1.807) is 23.7 Å². The maximum Gasteiger partial charge on any atom is 0.160 e. The van der Waals surface area contributed by atoms with Gasteiger partial charge in [0.25, 0.3) is 0 Å². The van der Waals surface area contributed by atoms with Crippen molar-refractivity contribution in [1.29, 1.82) is 0 Å². The number of nitrogens with zero attached hydrogens (tertiary/aromatic N) is 1. The molecular weight excluding hydrogens is 256 g/mol. The highest BCUT2D eigenvalue weighted by molar-refractivity contribution is 7.12. The molecule has 0 bridgehead atoms. The zero-order valence-electron chi connectivity index (χ0n) is 11.3. The lowest BCUT2D eigenvalue weighted by atomic mass is 10.2. The van der Waals surface area contributed by atoms with Crippen LogP contribution in [-0.2, 0) is 19.4 Å². The van der Waals surface area contributed by atoms with E-state index in [-0.39, 0.29) is 0 Å². The first-order chi connectivity index (χ1) is 9.26. The number of methoxy groups -OCH3 is 1. The van der Waals surface area contributed by atoms with Crippen LogP contribution in [-0.4, -0.2) is 12.1 Å². The second-order valence-electron chi connectivity index (χ2n) is 4.89. The van der Waals surface area contributed by atoms with E-state index in [2.05, 4.69) is 16.4 Å². The van der Waals surface area contributed by atoms with Crippen molar-refractivity contribution in [2.24, 2.45) is 0 Å². The second kappa shape index (κ2) is 5.21. The fourth-order valence-corrected chi connectivity index (χ4v) is 3.71. The van der Waals surface area contributed by atoms with Crippen molar-refractivity contribution in [3.63, 3.8) is 0 Å². The van der Waals surface area contributed by atoms with E-state index in [0.29, 0.717) is 0 Å². The first kappa shape index (κ1) is 12.5. The number of anilines is 1. The molecule has 3 rings (SSSR count). The normalized spacial score (nSPS) is 13.4. The highest BCUT2D eigenvalue weighted by Crippen LogP contribution is 2.31. The molecule has 0 saturated carbocycles. The minimum absolute atomic E-state index is 0.801. The Labute approximate surface area is 117 Å². The van der Waals surface area contributed by atoms with Crippen LogP contribution in [0.15, 0.2) is 18.3 Å². The Kier molecular flexibility index (Phi) is 3.42. The standard InChI is InChI=1S/C15H18N2OS/c1-10-6-13(14(18-2)9-16-10)17-8-12-7-11-4-3-5-15(11)19-12/h6-7,9H,3-5,8H2,1-2H3,(H,16,17). The smallest absolute Gasteiger partial charge is 0.160 e. The first-order valence-electron chi connectivity index (χ1n) is 6.61. The Morgan fingerprint density at radius 3 is 3.05 bits per heavy atom. The Morgan fingerprint density at radius 1 is 1.37 bits per heavy atom. The van der Waals surface area contributed by atoms with Gasteiger partial charge >= 0.3 is 0 Å². The predicted molar refractivity (Wildman–Crippen MR) is 79.2 cm³/mol. The Hall–Kier alpha value is -1.55. The summed E-state index contributed by atoms with van der Waals surface area (Å²) >= 11 is 1.94. The van der Waals surface area contributed by atoms with Gasteiger partial charge in [-0.2, -0.15) is 0 Å². The molecule has 19 heavy (non-hydrogen) atoms. The summed E-state index contributed by atoms with van der Waals surface area (Å²) in [6, 6.07) is 4.38. The number of hydrogen-bond donors (Lipinski definition) is 1. The molecule has 0 aliphatic heterocycles. The summed E-state index contributed by atoms with van der Waals surface area (Å²) in [5, 5.41) is 3.46. The molecule has 0 aromatic carbocycles. The molecule has 2 aromatic rings. The van der Waals surface area contributed by atoms with Crippen molar-refractivity contribution >= 4 is 17.0 Å². The molecule has 1 aliphatic rings. The summed E-state index contributed by atoms with van der Waals surface area (Å²) in [5.41, 5.74) is 3.57. The van der Waals surface area contributed by atoms with Crippen LogP contribution >= 0.6 is 11.3 Å². The van der Waals surface area contributed by atoms with Gasteiger partial charge in [-0.15, -0.1) is 11.3 Å². The van der Waals surface area contributed by atoms with Crippen molar-refractivity contribution in [2.45, 2.75) is 32.7 Å². The number of thiophene rings is 1. The molecule has 0 amide bonds. The molecule has 1 aliphatic carbocycles. The monoisotopic (exact) mass is 274 g/mol. The molecule has 3 nitrogen and oxygen atoms in total. The summed E-state index contributed by atoms with van der Waals surface area (Å²) in [5.74, 6) is 0.801. The minimum Gasteiger partial charge on any atom is -0.493 e. The summed E-state index contributed by atoms with van der Waals surface area (Å²) in [6.07, 6.45) is 5.61. The van der Waals surface area contributed by atoms with Crippen LogP contribution < -0.4 is 10.1 Å². The zero-order chi connectivity index (χ0) is 13.2. The predicted octanol–water partition coefficient (Wildman–Crippen LogP) is 3.56. The summed E-state index contributed by atoms with van der Waals surface area (Å²) < 4.78 is 5.33. The summed E-state index contributed by atoms with van der Waals surface area (Å²) in [6.45, 7) is 2.85. The quantitative estimate of drug-likeness (QED) is 0.925. The van der Waals surface area contributed by atoms with Crippen LogP contribution in [0.1, 0.15) is 27.4 Å². The van der Waals surface area contributed by atoms with Gasteiger partial charge in [0.1, 0.15) is 0 Å². The minimum atomic E-state index is 0.801. The third-order valence-electron chi connectivity index (χ3n) is 3.47. The van der Waals surface area contributed by atoms with Crippen molar-refractivity contribution in [2.75, 3.05) is 12.4 Å². The van der Waals surface area contributed by atoms with E-state index in [1.165, 1.54) is 24.1 Å². The Morgan fingerprint density at radius 2 is 2.26 bits per heavy atom. The van der Waals surface area contributed by atoms with E-state index < -0.39 is 0 Å². The third kappa shape index (κ3) is 2.59. The maximum atomic E-state index is 5.33. The van der Waals surface area contributed by atoms with Gasteiger partial charge in [0.05, 0.1) is 19.0 Å². The number of pyridine rings is 1. The van der Waals surface area contributed by atoms with Crippen LogP contribution in [0.25, 0.3) is 0 Å². The summed E-state index contributed by atoms with van der Waals surface area (Å²) in [7, 11) is 1.68. The molecule has 4 heteroatoms. The van der Waals surface area contributed by atoms with Gasteiger partial charge in [0.2, 0.25) is 0 Å². The van der Waals surface area contributed by atoms with Gasteiger partial charge in [0, 0.05) is 22.0 Å². The van der Waals surface area contributed by atoms with E-state index in [0.717, 1.165) is 23.7 Å². The largest absolute Gasteiger partial charge is 0.493 e. The van der Waals surface area contributed by atoms with Gasteiger partial charge in [0.15, 0.2) is 5.75 Å². The van der Waals surface area contributed by atoms with Gasteiger partial charge in [-0.3, -0.25) is 4.98 Å². The van der Waals surface area contributed by atoms with Crippen molar-refractivity contribution < 1.29 is 4.74 Å². The molecule has 100 valence electrons. The van der Waals surface area contributed by atoms with Gasteiger partial charge in [-0.1, -0.05) is 0 Å². The molecule has 0 fully saturated rings. The molecule has 1 N–H and O–H groups in total. The number of hydrogen-bond acceptors (Lipinski definition) is 4. The maximum absolute atomic E-state index is 5.33. The molecule has 0 atom stereocenters. The number of aromatic nitrogens is 1. The van der Waals surface area contributed by atoms with Gasteiger partial charge in [-0.25, -0.2) is 0 Å². The first-order valence-corrected chi connectivity index (χ1v) is 7.43. The van der Waals surface area contributed by atoms with Crippen LogP contribution in [0.3, 0.4) is 0 Å². The SMILES string of the molecule is COc1cnc(C)cc1NCc1cc2c(s1)CCC2. The number of fused-ring (bicyclic) bond motifs is 1. The molecule has 2 heterocycles. The Balaban J connectivity index is 1.73. The average Bonchev–Trinajstić information content (AvgIpc) is 2.97. The highest BCUT2D eigenvalue weighted by Gasteiger charge is 2.14. The fraction of sp³-hybridized carbons (Fsp3) is 0.400. The lowest BCUT2D eigenvalue weighted by molar-refractivity contribution is 0.414. The number of rotatable bonds is 4. The van der Waals surface area contributed by atoms with E-state index in [1.807, 2.05) is 24.3 Å². The van der Waals surface area contributed by atoms with Crippen molar-refractivity contribution in [3.8, 4) is 5.75 Å². The second-order valence-corrected chi connectivity index (χ2v) is 6.12. The zero-order valence-corrected chi connectivity index (χ0v) is 12.1. The van der Waals surface area contributed by atoms with Crippen LogP contribution in [0.4, 0.5) is 5.69 Å². The fourth-order valence-electron chi connectivity index (χ4n) is 2.51. The number of nitrogens with one attached hydrogen (secondary N) is 1. The van der Waals surface area contributed by atoms with Gasteiger partial charge < -0.3 is 10.1 Å². The van der Waals surface area contributed by atoms with E-state index in [9.17, 15) is 0 Å². The molecule has 0 radical (unpaired) electrons. The Bertz CT molecular complexity index is 570. The number of ether oxygens (including phenoxy) is 1.